The van der Waals surface area contributed by atoms with Gasteiger partial charge < -0.3 is 25.8 Å². The van der Waals surface area contributed by atoms with Crippen molar-refractivity contribution >= 4 is 23.1 Å². The highest BCUT2D eigenvalue weighted by molar-refractivity contribution is 5.92. The quantitative estimate of drug-likeness (QED) is 0.380. The number of amides is 1. The molecule has 10 heteroatoms. The second-order valence-electron chi connectivity index (χ2n) is 9.37. The molecule has 2 saturated heterocycles. The molecule has 1 unspecified atom stereocenters. The highest BCUT2D eigenvalue weighted by atomic mass is 16.5. The fraction of sp³-hybridized carbons (Fsp3) is 0.308. The van der Waals surface area contributed by atoms with Gasteiger partial charge in [0.25, 0.3) is 0 Å². The van der Waals surface area contributed by atoms with Crippen LogP contribution in [0.4, 0.5) is 11.6 Å². The molecule has 1 amide bonds. The monoisotopic (exact) mass is 485 g/mol. The first kappa shape index (κ1) is 22.4. The van der Waals surface area contributed by atoms with E-state index in [2.05, 4.69) is 37.8 Å². The number of pyridine rings is 3. The fourth-order valence-electron chi connectivity index (χ4n) is 4.90. The number of fused-ring (bicyclic) bond motifs is 3. The molecule has 0 aromatic carbocycles. The van der Waals surface area contributed by atoms with Crippen molar-refractivity contribution in [3.05, 3.63) is 66.2 Å². The molecule has 184 valence electrons. The first-order chi connectivity index (χ1) is 17.5. The molecule has 36 heavy (non-hydrogen) atoms. The van der Waals surface area contributed by atoms with Crippen LogP contribution in [0.3, 0.4) is 0 Å². The van der Waals surface area contributed by atoms with Gasteiger partial charge in [0.15, 0.2) is 5.82 Å². The van der Waals surface area contributed by atoms with Crippen LogP contribution in [0.5, 0.6) is 5.75 Å². The molecule has 4 N–H and O–H groups in total. The van der Waals surface area contributed by atoms with Crippen LogP contribution < -0.4 is 21.1 Å². The molecule has 2 aliphatic rings. The van der Waals surface area contributed by atoms with Gasteiger partial charge in [-0.05, 0) is 42.8 Å². The van der Waals surface area contributed by atoms with Crippen molar-refractivity contribution in [2.45, 2.75) is 38.0 Å². The van der Waals surface area contributed by atoms with Crippen molar-refractivity contribution in [2.75, 3.05) is 18.5 Å². The van der Waals surface area contributed by atoms with Gasteiger partial charge in [0, 0.05) is 54.6 Å². The summed E-state index contributed by atoms with van der Waals surface area (Å²) in [5.74, 6) is 1.48. The second kappa shape index (κ2) is 9.21. The molecule has 2 bridgehead atoms. The number of hydrogen-bond acceptors (Lipinski definition) is 8. The number of ether oxygens (including phenoxy) is 2. The Hall–Kier alpha value is -4.02. The van der Waals surface area contributed by atoms with Crippen LogP contribution in [0.25, 0.3) is 16.6 Å². The Balaban J connectivity index is 1.25. The van der Waals surface area contributed by atoms with Gasteiger partial charge in [0.2, 0.25) is 5.91 Å². The third-order valence-electron chi connectivity index (χ3n) is 6.58. The van der Waals surface area contributed by atoms with E-state index in [-0.39, 0.29) is 6.10 Å². The van der Waals surface area contributed by atoms with Crippen molar-refractivity contribution in [3.8, 4) is 16.9 Å². The minimum Gasteiger partial charge on any atom is -0.488 e. The largest absolute Gasteiger partial charge is 0.488 e. The molecule has 0 aliphatic carbocycles. The molecule has 10 nitrogen and oxygen atoms in total. The maximum absolute atomic E-state index is 11.3. The molecule has 0 saturated carbocycles. The van der Waals surface area contributed by atoms with Crippen LogP contribution in [0, 0.1) is 6.92 Å². The fourth-order valence-corrected chi connectivity index (χ4v) is 4.90. The number of carbonyl (C=O) groups excluding carboxylic acids is 1. The van der Waals surface area contributed by atoms with Gasteiger partial charge in [-0.3, -0.25) is 9.78 Å². The Morgan fingerprint density at radius 1 is 1.11 bits per heavy atom. The molecule has 3 atom stereocenters. The molecule has 4 aromatic rings. The molecule has 6 rings (SSSR count). The van der Waals surface area contributed by atoms with Gasteiger partial charge in [0.05, 0.1) is 30.5 Å². The van der Waals surface area contributed by atoms with Crippen molar-refractivity contribution in [2.24, 2.45) is 5.73 Å². The molecular formula is C26H27N7O3. The van der Waals surface area contributed by atoms with Crippen molar-refractivity contribution < 1.29 is 14.3 Å². The Bertz CT molecular complexity index is 1410. The number of morpholine rings is 1. The minimum absolute atomic E-state index is 0.122. The summed E-state index contributed by atoms with van der Waals surface area (Å²) in [6.07, 6.45) is 7.13. The standard InChI is InChI=1S/C26H27N7O3/c1-15-6-22(23(12-28-15)36-21-8-18-13-35-14-19(9-21)30-18)16-4-5-33-20(7-16)10-25(32-33)31-24-3-2-17(11-29-24)26(27)34/h2-7,10-12,18-19,21,30H,8-9,13-14H2,1H3,(H2,27,34)(H,29,31,32)/t18-,19+,21?. The lowest BCUT2D eigenvalue weighted by molar-refractivity contribution is -0.0122. The average molecular weight is 486 g/mol. The predicted octanol–water partition coefficient (Wildman–Crippen LogP) is 2.84. The first-order valence-electron chi connectivity index (χ1n) is 12.0. The van der Waals surface area contributed by atoms with Crippen molar-refractivity contribution in [1.29, 1.82) is 0 Å². The topological polar surface area (TPSA) is 129 Å². The van der Waals surface area contributed by atoms with Crippen LogP contribution in [-0.4, -0.2) is 56.9 Å². The molecule has 0 spiro atoms. The third kappa shape index (κ3) is 4.60. The van der Waals surface area contributed by atoms with Gasteiger partial charge in [-0.2, -0.15) is 5.10 Å². The van der Waals surface area contributed by atoms with E-state index in [1.54, 1.807) is 16.6 Å². The number of anilines is 2. The highest BCUT2D eigenvalue weighted by Crippen LogP contribution is 2.34. The number of hydrogen-bond donors (Lipinski definition) is 3. The summed E-state index contributed by atoms with van der Waals surface area (Å²) < 4.78 is 14.0. The van der Waals surface area contributed by atoms with E-state index in [4.69, 9.17) is 15.2 Å². The predicted molar refractivity (Wildman–Crippen MR) is 134 cm³/mol. The Morgan fingerprint density at radius 2 is 1.94 bits per heavy atom. The number of piperidine rings is 1. The first-order valence-corrected chi connectivity index (χ1v) is 12.0. The summed E-state index contributed by atoms with van der Waals surface area (Å²) in [6.45, 7) is 3.44. The van der Waals surface area contributed by atoms with E-state index in [1.165, 1.54) is 6.20 Å². The molecule has 6 heterocycles. The van der Waals surface area contributed by atoms with E-state index in [0.717, 1.165) is 54.1 Å². The lowest BCUT2D eigenvalue weighted by Gasteiger charge is -2.40. The van der Waals surface area contributed by atoms with Crippen molar-refractivity contribution in [3.63, 3.8) is 0 Å². The molecular weight excluding hydrogens is 458 g/mol. The van der Waals surface area contributed by atoms with Gasteiger partial charge in [0.1, 0.15) is 17.7 Å². The number of nitrogens with two attached hydrogens (primary N) is 1. The van der Waals surface area contributed by atoms with Crippen molar-refractivity contribution in [1.82, 2.24) is 24.9 Å². The summed E-state index contributed by atoms with van der Waals surface area (Å²) >= 11 is 0. The zero-order valence-electron chi connectivity index (χ0n) is 19.8. The lowest BCUT2D eigenvalue weighted by atomic mass is 9.94. The van der Waals surface area contributed by atoms with Gasteiger partial charge in [-0.1, -0.05) is 0 Å². The van der Waals surface area contributed by atoms with Crippen LogP contribution in [0.2, 0.25) is 0 Å². The second-order valence-corrected chi connectivity index (χ2v) is 9.37. The molecule has 0 radical (unpaired) electrons. The maximum atomic E-state index is 11.3. The highest BCUT2D eigenvalue weighted by Gasteiger charge is 2.33. The normalized spacial score (nSPS) is 21.3. The summed E-state index contributed by atoms with van der Waals surface area (Å²) in [5, 5.41) is 11.4. The lowest BCUT2D eigenvalue weighted by Crippen LogP contribution is -2.56. The van der Waals surface area contributed by atoms with E-state index in [1.807, 2.05) is 31.5 Å². The number of rotatable bonds is 6. The summed E-state index contributed by atoms with van der Waals surface area (Å²) in [4.78, 5) is 20.0. The third-order valence-corrected chi connectivity index (χ3v) is 6.58. The van der Waals surface area contributed by atoms with Crippen LogP contribution in [0.15, 0.2) is 55.0 Å². The van der Waals surface area contributed by atoms with Gasteiger partial charge >= 0.3 is 0 Å². The molecule has 2 aliphatic heterocycles. The van der Waals surface area contributed by atoms with Crippen LogP contribution >= 0.6 is 0 Å². The summed E-state index contributed by atoms with van der Waals surface area (Å²) in [6, 6.07) is 12.1. The molecule has 4 aromatic heterocycles. The number of nitrogens with one attached hydrogen (secondary N) is 2. The van der Waals surface area contributed by atoms with E-state index in [9.17, 15) is 4.79 Å². The molecule has 2 fully saturated rings. The van der Waals surface area contributed by atoms with E-state index >= 15 is 0 Å². The van der Waals surface area contributed by atoms with E-state index < -0.39 is 5.91 Å². The maximum Gasteiger partial charge on any atom is 0.250 e. The zero-order chi connectivity index (χ0) is 24.6. The Labute approximate surface area is 207 Å². The number of primary amides is 1. The van der Waals surface area contributed by atoms with Gasteiger partial charge in [-0.15, -0.1) is 0 Å². The Morgan fingerprint density at radius 3 is 2.69 bits per heavy atom. The van der Waals surface area contributed by atoms with E-state index in [0.29, 0.717) is 29.3 Å². The number of aromatic nitrogens is 4. The van der Waals surface area contributed by atoms with Crippen LogP contribution in [-0.2, 0) is 4.74 Å². The smallest absolute Gasteiger partial charge is 0.250 e. The summed E-state index contributed by atoms with van der Waals surface area (Å²) in [7, 11) is 0. The zero-order valence-corrected chi connectivity index (χ0v) is 19.8. The van der Waals surface area contributed by atoms with Crippen LogP contribution in [0.1, 0.15) is 28.9 Å². The van der Waals surface area contributed by atoms with Gasteiger partial charge in [-0.25, -0.2) is 9.50 Å². The minimum atomic E-state index is -0.513. The Kier molecular flexibility index (Phi) is 5.74. The average Bonchev–Trinajstić information content (AvgIpc) is 3.27. The SMILES string of the molecule is Cc1cc(-c2ccn3nc(Nc4ccc(C(N)=O)cn4)cc3c2)c(OC2C[C@H]3COC[C@@H](C2)N3)cn1. The number of carbonyl (C=O) groups is 1. The number of nitrogens with zero attached hydrogens (tertiary/aromatic N) is 4. The number of aryl methyl sites for hydroxylation is 1. The summed E-state index contributed by atoms with van der Waals surface area (Å²) in [5.41, 5.74) is 9.51.